The van der Waals surface area contributed by atoms with Crippen LogP contribution < -0.4 is 5.32 Å². The lowest BCUT2D eigenvalue weighted by Crippen LogP contribution is -2.22. The topological polar surface area (TPSA) is 24.4 Å². The zero-order valence-electron chi connectivity index (χ0n) is 9.38. The van der Waals surface area contributed by atoms with Crippen LogP contribution in [0.4, 0.5) is 4.39 Å². The van der Waals surface area contributed by atoms with Gasteiger partial charge in [0.25, 0.3) is 0 Å². The van der Waals surface area contributed by atoms with Crippen molar-refractivity contribution in [2.45, 2.75) is 32.2 Å². The van der Waals surface area contributed by atoms with E-state index < -0.39 is 0 Å². The molecule has 1 heterocycles. The van der Waals surface area contributed by atoms with Gasteiger partial charge in [-0.05, 0) is 30.5 Å². The first kappa shape index (κ1) is 11.1. The first-order chi connectivity index (χ1) is 7.84. The van der Waals surface area contributed by atoms with E-state index in [0.717, 1.165) is 24.4 Å². The van der Waals surface area contributed by atoms with Gasteiger partial charge in [0.05, 0.1) is 5.84 Å². The average Bonchev–Trinajstić information content (AvgIpc) is 2.55. The summed E-state index contributed by atoms with van der Waals surface area (Å²) in [5, 5.41) is 3.29. The van der Waals surface area contributed by atoms with Crippen molar-refractivity contribution in [2.24, 2.45) is 4.99 Å². The largest absolute Gasteiger partial charge is 0.370 e. The summed E-state index contributed by atoms with van der Waals surface area (Å²) in [5.74, 6) is 0.892. The third-order valence-electron chi connectivity index (χ3n) is 2.76. The van der Waals surface area contributed by atoms with Crippen molar-refractivity contribution in [1.82, 2.24) is 5.32 Å². The highest BCUT2D eigenvalue weighted by molar-refractivity contribution is 5.82. The van der Waals surface area contributed by atoms with Crippen LogP contribution >= 0.6 is 0 Å². The van der Waals surface area contributed by atoms with Crippen molar-refractivity contribution in [2.75, 3.05) is 6.54 Å². The highest BCUT2D eigenvalue weighted by atomic mass is 19.1. The molecular weight excluding hydrogens is 203 g/mol. The third-order valence-corrected chi connectivity index (χ3v) is 2.76. The molecule has 1 aromatic rings. The summed E-state index contributed by atoms with van der Waals surface area (Å²) in [7, 11) is 0. The lowest BCUT2D eigenvalue weighted by atomic mass is 10.2. The van der Waals surface area contributed by atoms with Gasteiger partial charge >= 0.3 is 0 Å². The molecule has 0 aromatic heterocycles. The van der Waals surface area contributed by atoms with E-state index in [1.54, 1.807) is 12.1 Å². The number of hydrogen-bond donors (Lipinski definition) is 1. The fourth-order valence-corrected chi connectivity index (χ4v) is 1.87. The Hall–Kier alpha value is -1.38. The van der Waals surface area contributed by atoms with Gasteiger partial charge in [0.15, 0.2) is 0 Å². The van der Waals surface area contributed by atoms with Gasteiger partial charge in [0, 0.05) is 19.5 Å². The van der Waals surface area contributed by atoms with Crippen molar-refractivity contribution in [1.29, 1.82) is 0 Å². The maximum Gasteiger partial charge on any atom is 0.123 e. The minimum absolute atomic E-state index is 0.179. The fraction of sp³-hybridized carbons (Fsp3) is 0.462. The van der Waals surface area contributed by atoms with Gasteiger partial charge < -0.3 is 5.32 Å². The predicted molar refractivity (Wildman–Crippen MR) is 64.0 cm³/mol. The predicted octanol–water partition coefficient (Wildman–Crippen LogP) is 2.89. The number of halogens is 1. The van der Waals surface area contributed by atoms with E-state index in [0.29, 0.717) is 6.54 Å². The van der Waals surface area contributed by atoms with Gasteiger partial charge in [0.1, 0.15) is 5.82 Å². The molecule has 1 aliphatic rings. The Morgan fingerprint density at radius 3 is 3.06 bits per heavy atom. The number of amidine groups is 1. The smallest absolute Gasteiger partial charge is 0.123 e. The molecule has 0 spiro atoms. The second-order valence-corrected chi connectivity index (χ2v) is 4.12. The Morgan fingerprint density at radius 1 is 1.25 bits per heavy atom. The van der Waals surface area contributed by atoms with Gasteiger partial charge in [-0.2, -0.15) is 0 Å². The van der Waals surface area contributed by atoms with E-state index >= 15 is 0 Å². The number of hydrogen-bond acceptors (Lipinski definition) is 2. The standard InChI is InChI=1S/C13H17FN2/c14-12-6-4-5-11(9-12)10-16-13-7-2-1-3-8-15-13/h4-6,9H,1-3,7-8,10H2,(H,15,16). The summed E-state index contributed by atoms with van der Waals surface area (Å²) in [6.07, 6.45) is 4.67. The van der Waals surface area contributed by atoms with Crippen molar-refractivity contribution in [3.63, 3.8) is 0 Å². The molecule has 0 fully saturated rings. The maximum atomic E-state index is 12.9. The fourth-order valence-electron chi connectivity index (χ4n) is 1.87. The van der Waals surface area contributed by atoms with E-state index in [1.165, 1.54) is 25.3 Å². The molecule has 86 valence electrons. The maximum absolute atomic E-state index is 12.9. The van der Waals surface area contributed by atoms with Gasteiger partial charge in [-0.3, -0.25) is 4.99 Å². The molecule has 2 nitrogen and oxygen atoms in total. The van der Waals surface area contributed by atoms with Crippen LogP contribution in [-0.4, -0.2) is 12.4 Å². The van der Waals surface area contributed by atoms with Gasteiger partial charge in [-0.1, -0.05) is 18.6 Å². The molecule has 2 rings (SSSR count). The summed E-state index contributed by atoms with van der Waals surface area (Å²) in [6, 6.07) is 6.69. The summed E-state index contributed by atoms with van der Waals surface area (Å²) >= 11 is 0. The average molecular weight is 220 g/mol. The van der Waals surface area contributed by atoms with Crippen molar-refractivity contribution < 1.29 is 4.39 Å². The van der Waals surface area contributed by atoms with Gasteiger partial charge in [0.2, 0.25) is 0 Å². The number of nitrogens with one attached hydrogen (secondary N) is 1. The van der Waals surface area contributed by atoms with E-state index in [4.69, 9.17) is 0 Å². The number of aliphatic imine (C=N–C) groups is 1. The second-order valence-electron chi connectivity index (χ2n) is 4.12. The summed E-state index contributed by atoms with van der Waals surface area (Å²) in [6.45, 7) is 1.59. The number of benzene rings is 1. The van der Waals surface area contributed by atoms with Gasteiger partial charge in [-0.15, -0.1) is 0 Å². The molecule has 1 aromatic carbocycles. The Kier molecular flexibility index (Phi) is 3.91. The van der Waals surface area contributed by atoms with Crippen LogP contribution in [0.15, 0.2) is 29.3 Å². The number of nitrogens with zero attached hydrogens (tertiary/aromatic N) is 1. The highest BCUT2D eigenvalue weighted by Crippen LogP contribution is 2.07. The molecule has 0 saturated heterocycles. The SMILES string of the molecule is Fc1cccc(CNC2=NCCCCC2)c1. The Morgan fingerprint density at radius 2 is 2.19 bits per heavy atom. The van der Waals surface area contributed by atoms with Gasteiger partial charge in [-0.25, -0.2) is 4.39 Å². The van der Waals surface area contributed by atoms with E-state index in [-0.39, 0.29) is 5.82 Å². The lowest BCUT2D eigenvalue weighted by molar-refractivity contribution is 0.624. The molecule has 0 bridgehead atoms. The Balaban J connectivity index is 1.89. The third kappa shape index (κ3) is 3.33. The first-order valence-electron chi connectivity index (χ1n) is 5.86. The monoisotopic (exact) mass is 220 g/mol. The molecule has 16 heavy (non-hydrogen) atoms. The normalized spacial score (nSPS) is 16.4. The van der Waals surface area contributed by atoms with Crippen LogP contribution in [0.5, 0.6) is 0 Å². The molecule has 0 amide bonds. The molecule has 0 radical (unpaired) electrons. The molecule has 1 aliphatic heterocycles. The molecule has 1 N–H and O–H groups in total. The zero-order valence-corrected chi connectivity index (χ0v) is 9.38. The molecule has 0 atom stereocenters. The summed E-state index contributed by atoms with van der Waals surface area (Å²) in [5.41, 5.74) is 0.965. The molecule has 3 heteroatoms. The van der Waals surface area contributed by atoms with Crippen LogP contribution in [0.25, 0.3) is 0 Å². The van der Waals surface area contributed by atoms with E-state index in [1.807, 2.05) is 6.07 Å². The minimum Gasteiger partial charge on any atom is -0.370 e. The Labute approximate surface area is 95.6 Å². The Bertz CT molecular complexity index is 374. The summed E-state index contributed by atoms with van der Waals surface area (Å²) < 4.78 is 12.9. The quantitative estimate of drug-likeness (QED) is 0.814. The summed E-state index contributed by atoms with van der Waals surface area (Å²) in [4.78, 5) is 4.47. The number of rotatable bonds is 2. The lowest BCUT2D eigenvalue weighted by Gasteiger charge is -2.08. The van der Waals surface area contributed by atoms with Crippen molar-refractivity contribution in [3.05, 3.63) is 35.6 Å². The molecule has 0 aliphatic carbocycles. The van der Waals surface area contributed by atoms with E-state index in [2.05, 4.69) is 10.3 Å². The van der Waals surface area contributed by atoms with Crippen LogP contribution in [0.2, 0.25) is 0 Å². The van der Waals surface area contributed by atoms with Crippen LogP contribution in [-0.2, 0) is 6.54 Å². The first-order valence-corrected chi connectivity index (χ1v) is 5.86. The molecule has 0 saturated carbocycles. The highest BCUT2D eigenvalue weighted by Gasteiger charge is 2.03. The van der Waals surface area contributed by atoms with Crippen molar-refractivity contribution >= 4 is 5.84 Å². The van der Waals surface area contributed by atoms with Crippen LogP contribution in [0.1, 0.15) is 31.2 Å². The molecule has 0 unspecified atom stereocenters. The van der Waals surface area contributed by atoms with E-state index in [9.17, 15) is 4.39 Å². The van der Waals surface area contributed by atoms with Crippen molar-refractivity contribution in [3.8, 4) is 0 Å². The van der Waals surface area contributed by atoms with Crippen LogP contribution in [0, 0.1) is 5.82 Å². The minimum atomic E-state index is -0.179. The van der Waals surface area contributed by atoms with Crippen LogP contribution in [0.3, 0.4) is 0 Å². The zero-order chi connectivity index (χ0) is 11.2. The second kappa shape index (κ2) is 5.64. The molecular formula is C13H17FN2.